The van der Waals surface area contributed by atoms with Gasteiger partial charge in [-0.25, -0.2) is 9.84 Å². The lowest BCUT2D eigenvalue weighted by atomic mass is 9.74. The SMILES string of the molecule is [C-]#[N+]c1c(N=CN(C)C)sc2c1[C@@](C)(CO)CCC2. The predicted octanol–water partition coefficient (Wildman–Crippen LogP) is 3.11. The second kappa shape index (κ2) is 5.32. The van der Waals surface area contributed by atoms with E-state index in [1.165, 1.54) is 4.88 Å². The van der Waals surface area contributed by atoms with Crippen LogP contribution in [0.15, 0.2) is 4.99 Å². The summed E-state index contributed by atoms with van der Waals surface area (Å²) in [6, 6.07) is 0. The summed E-state index contributed by atoms with van der Waals surface area (Å²) < 4.78 is 0. The Balaban J connectivity index is 2.54. The molecule has 0 aliphatic heterocycles. The van der Waals surface area contributed by atoms with E-state index in [0.29, 0.717) is 5.69 Å². The molecular weight excluding hydrogens is 258 g/mol. The summed E-state index contributed by atoms with van der Waals surface area (Å²) in [6.45, 7) is 9.58. The first-order valence-electron chi connectivity index (χ1n) is 6.37. The van der Waals surface area contributed by atoms with Crippen LogP contribution in [0, 0.1) is 6.57 Å². The van der Waals surface area contributed by atoms with Crippen molar-refractivity contribution in [3.05, 3.63) is 21.9 Å². The number of hydrogen-bond acceptors (Lipinski definition) is 3. The molecule has 1 aromatic heterocycles. The number of hydrogen-bond donors (Lipinski definition) is 1. The number of nitrogens with zero attached hydrogens (tertiary/aromatic N) is 3. The first kappa shape index (κ1) is 14.0. The third-order valence-corrected chi connectivity index (χ3v) is 4.69. The maximum Gasteiger partial charge on any atom is 0.227 e. The molecule has 0 aromatic carbocycles. The Labute approximate surface area is 118 Å². The van der Waals surface area contributed by atoms with Gasteiger partial charge in [-0.2, -0.15) is 0 Å². The zero-order chi connectivity index (χ0) is 14.0. The Morgan fingerprint density at radius 1 is 1.58 bits per heavy atom. The summed E-state index contributed by atoms with van der Waals surface area (Å²) in [5.74, 6) is 0. The van der Waals surface area contributed by atoms with Gasteiger partial charge in [0.2, 0.25) is 5.69 Å². The molecule has 2 rings (SSSR count). The molecule has 0 spiro atoms. The fourth-order valence-corrected chi connectivity index (χ4v) is 3.80. The second-order valence-electron chi connectivity index (χ2n) is 5.45. The average Bonchev–Trinajstić information content (AvgIpc) is 2.75. The highest BCUT2D eigenvalue weighted by atomic mass is 32.1. The Hall–Kier alpha value is -1.38. The Kier molecular flexibility index (Phi) is 3.93. The number of thiophene rings is 1. The Morgan fingerprint density at radius 3 is 2.89 bits per heavy atom. The van der Waals surface area contributed by atoms with Gasteiger partial charge in [-0.05, 0) is 29.7 Å². The summed E-state index contributed by atoms with van der Waals surface area (Å²) in [5, 5.41) is 10.5. The number of rotatable bonds is 3. The molecule has 102 valence electrons. The molecule has 5 heteroatoms. The molecule has 0 bridgehead atoms. The van der Waals surface area contributed by atoms with E-state index < -0.39 is 0 Å². The van der Waals surface area contributed by atoms with E-state index in [0.717, 1.165) is 29.8 Å². The van der Waals surface area contributed by atoms with Crippen LogP contribution in [0.1, 0.15) is 30.2 Å². The zero-order valence-corrected chi connectivity index (χ0v) is 12.4. The fourth-order valence-electron chi connectivity index (χ4n) is 2.53. The molecule has 0 unspecified atom stereocenters. The van der Waals surface area contributed by atoms with E-state index in [2.05, 4.69) is 9.84 Å². The summed E-state index contributed by atoms with van der Waals surface area (Å²) >= 11 is 1.60. The molecule has 1 aliphatic carbocycles. The molecule has 1 heterocycles. The van der Waals surface area contributed by atoms with Crippen molar-refractivity contribution < 1.29 is 5.11 Å². The first-order valence-corrected chi connectivity index (χ1v) is 7.18. The van der Waals surface area contributed by atoms with Crippen molar-refractivity contribution in [2.45, 2.75) is 31.6 Å². The molecule has 0 fully saturated rings. The normalized spacial score (nSPS) is 22.3. The lowest BCUT2D eigenvalue weighted by Crippen LogP contribution is -2.30. The van der Waals surface area contributed by atoms with E-state index >= 15 is 0 Å². The molecule has 0 saturated heterocycles. The lowest BCUT2D eigenvalue weighted by molar-refractivity contribution is 0.190. The molecule has 1 aliphatic rings. The quantitative estimate of drug-likeness (QED) is 0.524. The van der Waals surface area contributed by atoms with Gasteiger partial charge in [0.1, 0.15) is 5.00 Å². The number of aliphatic hydroxyl groups excluding tert-OH is 1. The summed E-state index contributed by atoms with van der Waals surface area (Å²) in [6.07, 6.45) is 4.73. The zero-order valence-electron chi connectivity index (χ0n) is 11.6. The topological polar surface area (TPSA) is 40.2 Å². The van der Waals surface area contributed by atoms with Crippen molar-refractivity contribution >= 4 is 28.4 Å². The van der Waals surface area contributed by atoms with Gasteiger partial charge < -0.3 is 10.0 Å². The Bertz CT molecular complexity index is 542. The van der Waals surface area contributed by atoms with Gasteiger partial charge in [0.05, 0.1) is 19.5 Å². The summed E-state index contributed by atoms with van der Waals surface area (Å²) in [4.78, 5) is 11.2. The minimum atomic E-state index is -0.282. The molecule has 1 atom stereocenters. The molecule has 19 heavy (non-hydrogen) atoms. The number of fused-ring (bicyclic) bond motifs is 1. The van der Waals surface area contributed by atoms with E-state index in [-0.39, 0.29) is 12.0 Å². The van der Waals surface area contributed by atoms with E-state index in [1.807, 2.05) is 25.9 Å². The van der Waals surface area contributed by atoms with Crippen molar-refractivity contribution in [1.82, 2.24) is 4.90 Å². The Morgan fingerprint density at radius 2 is 2.32 bits per heavy atom. The third kappa shape index (κ3) is 2.51. The first-order chi connectivity index (χ1) is 9.01. The summed E-state index contributed by atoms with van der Waals surface area (Å²) in [7, 11) is 3.82. The van der Waals surface area contributed by atoms with Crippen LogP contribution in [-0.2, 0) is 11.8 Å². The largest absolute Gasteiger partial charge is 0.396 e. The van der Waals surface area contributed by atoms with Gasteiger partial charge >= 0.3 is 0 Å². The fraction of sp³-hybridized carbons (Fsp3) is 0.571. The number of aryl methyl sites for hydroxylation is 1. The van der Waals surface area contributed by atoms with Gasteiger partial charge in [-0.3, -0.25) is 0 Å². The van der Waals surface area contributed by atoms with Gasteiger partial charge in [-0.15, -0.1) is 11.3 Å². The van der Waals surface area contributed by atoms with Crippen LogP contribution >= 0.6 is 11.3 Å². The van der Waals surface area contributed by atoms with Crippen LogP contribution < -0.4 is 0 Å². The number of aliphatic hydroxyl groups is 1. The highest BCUT2D eigenvalue weighted by Gasteiger charge is 2.36. The maximum absolute atomic E-state index is 9.70. The van der Waals surface area contributed by atoms with Crippen molar-refractivity contribution in [2.75, 3.05) is 20.7 Å². The second-order valence-corrected chi connectivity index (χ2v) is 6.53. The monoisotopic (exact) mass is 277 g/mol. The molecule has 0 amide bonds. The molecule has 4 nitrogen and oxygen atoms in total. The van der Waals surface area contributed by atoms with Gasteiger partial charge in [0, 0.05) is 19.5 Å². The van der Waals surface area contributed by atoms with Crippen molar-refractivity contribution in [1.29, 1.82) is 0 Å². The van der Waals surface area contributed by atoms with Crippen LogP contribution in [0.2, 0.25) is 0 Å². The predicted molar refractivity (Wildman–Crippen MR) is 79.8 cm³/mol. The summed E-state index contributed by atoms with van der Waals surface area (Å²) in [5.41, 5.74) is 1.39. The van der Waals surface area contributed by atoms with Gasteiger partial charge in [0.15, 0.2) is 0 Å². The lowest BCUT2D eigenvalue weighted by Gasteiger charge is -2.32. The number of aliphatic imine (C=N–C) groups is 1. The minimum Gasteiger partial charge on any atom is -0.396 e. The van der Waals surface area contributed by atoms with Crippen molar-refractivity contribution in [2.24, 2.45) is 4.99 Å². The molecular formula is C14H19N3OS. The van der Waals surface area contributed by atoms with E-state index in [4.69, 9.17) is 6.57 Å². The van der Waals surface area contributed by atoms with Crippen LogP contribution in [0.4, 0.5) is 10.7 Å². The van der Waals surface area contributed by atoms with Crippen LogP contribution in [0.25, 0.3) is 4.85 Å². The highest BCUT2D eigenvalue weighted by molar-refractivity contribution is 7.16. The van der Waals surface area contributed by atoms with E-state index in [1.54, 1.807) is 17.7 Å². The maximum atomic E-state index is 9.70. The average molecular weight is 277 g/mol. The molecule has 1 aromatic rings. The molecule has 0 radical (unpaired) electrons. The smallest absolute Gasteiger partial charge is 0.227 e. The highest BCUT2D eigenvalue weighted by Crippen LogP contribution is 2.51. The van der Waals surface area contributed by atoms with Crippen molar-refractivity contribution in [3.63, 3.8) is 0 Å². The molecule has 0 saturated carbocycles. The van der Waals surface area contributed by atoms with Gasteiger partial charge in [-0.1, -0.05) is 6.92 Å². The van der Waals surface area contributed by atoms with Crippen LogP contribution in [0.5, 0.6) is 0 Å². The van der Waals surface area contributed by atoms with Crippen LogP contribution in [-0.4, -0.2) is 37.0 Å². The minimum absolute atomic E-state index is 0.0933. The van der Waals surface area contributed by atoms with E-state index in [9.17, 15) is 5.11 Å². The van der Waals surface area contributed by atoms with Crippen molar-refractivity contribution in [3.8, 4) is 0 Å². The molecule has 1 N–H and O–H groups in total. The van der Waals surface area contributed by atoms with Crippen LogP contribution in [0.3, 0.4) is 0 Å². The van der Waals surface area contributed by atoms with Gasteiger partial charge in [0.25, 0.3) is 0 Å². The third-order valence-electron chi connectivity index (χ3n) is 3.54. The standard InChI is InChI=1S/C14H19N3OS/c1-14(8-18)7-5-6-10-11(14)12(15-2)13(19-10)16-9-17(3)4/h9,18H,5-8H2,1,3-4H3/t14-/m1/s1.